The second-order valence-corrected chi connectivity index (χ2v) is 5.05. The van der Waals surface area contributed by atoms with Crippen molar-refractivity contribution in [3.8, 4) is 5.75 Å². The fourth-order valence-corrected chi connectivity index (χ4v) is 2.16. The van der Waals surface area contributed by atoms with Gasteiger partial charge in [0, 0.05) is 19.5 Å². The maximum absolute atomic E-state index is 5.71. The zero-order chi connectivity index (χ0) is 15.1. The molecule has 0 amide bonds. The quantitative estimate of drug-likeness (QED) is 0.759. The number of benzene rings is 1. The number of aryl methyl sites for hydroxylation is 1. The van der Waals surface area contributed by atoms with Gasteiger partial charge in [0.15, 0.2) is 0 Å². The molecule has 1 atom stereocenters. The van der Waals surface area contributed by atoms with Gasteiger partial charge >= 0.3 is 0 Å². The number of ether oxygens (including phenoxy) is 2. The van der Waals surface area contributed by atoms with Crippen LogP contribution in [-0.2, 0) is 4.74 Å². The summed E-state index contributed by atoms with van der Waals surface area (Å²) in [6.07, 6.45) is 3.74. The molecule has 2 aromatic rings. The van der Waals surface area contributed by atoms with Gasteiger partial charge in [-0.25, -0.2) is 4.98 Å². The number of nitrogens with zero attached hydrogens (tertiary/aromatic N) is 2. The van der Waals surface area contributed by atoms with Crippen molar-refractivity contribution in [2.45, 2.75) is 19.9 Å². The number of hydrogen-bond donors (Lipinski definition) is 1. The van der Waals surface area contributed by atoms with Crippen molar-refractivity contribution in [1.29, 1.82) is 0 Å². The van der Waals surface area contributed by atoms with Crippen molar-refractivity contribution in [3.05, 3.63) is 42.2 Å². The third-order valence-electron chi connectivity index (χ3n) is 3.19. The number of methoxy groups -OCH3 is 1. The SMILES string of the molecule is COCC(C)n1ccnc1NCCOc1cccc(C)c1. The Hall–Kier alpha value is -2.01. The summed E-state index contributed by atoms with van der Waals surface area (Å²) in [7, 11) is 1.70. The maximum Gasteiger partial charge on any atom is 0.203 e. The monoisotopic (exact) mass is 289 g/mol. The van der Waals surface area contributed by atoms with Crippen LogP contribution in [0, 0.1) is 6.92 Å². The van der Waals surface area contributed by atoms with E-state index in [1.54, 1.807) is 13.3 Å². The molecule has 1 heterocycles. The first kappa shape index (κ1) is 15.4. The van der Waals surface area contributed by atoms with E-state index in [2.05, 4.69) is 34.8 Å². The topological polar surface area (TPSA) is 48.3 Å². The van der Waals surface area contributed by atoms with Crippen molar-refractivity contribution in [2.24, 2.45) is 0 Å². The number of anilines is 1. The minimum absolute atomic E-state index is 0.248. The van der Waals surface area contributed by atoms with Crippen molar-refractivity contribution >= 4 is 5.95 Å². The predicted molar refractivity (Wildman–Crippen MR) is 84.0 cm³/mol. The molecule has 5 nitrogen and oxygen atoms in total. The standard InChI is InChI=1S/C16H23N3O2/c1-13-5-4-6-15(11-13)21-10-8-18-16-17-7-9-19(16)14(2)12-20-3/h4-7,9,11,14H,8,10,12H2,1-3H3,(H,17,18). The van der Waals surface area contributed by atoms with E-state index in [-0.39, 0.29) is 6.04 Å². The van der Waals surface area contributed by atoms with E-state index < -0.39 is 0 Å². The van der Waals surface area contributed by atoms with E-state index in [1.165, 1.54) is 5.56 Å². The molecular weight excluding hydrogens is 266 g/mol. The summed E-state index contributed by atoms with van der Waals surface area (Å²) in [6.45, 7) is 6.10. The Balaban J connectivity index is 1.80. The lowest BCUT2D eigenvalue weighted by molar-refractivity contribution is 0.163. The van der Waals surface area contributed by atoms with Crippen LogP contribution in [0.25, 0.3) is 0 Å². The third-order valence-corrected chi connectivity index (χ3v) is 3.19. The molecule has 0 spiro atoms. The minimum atomic E-state index is 0.248. The maximum atomic E-state index is 5.71. The van der Waals surface area contributed by atoms with E-state index in [9.17, 15) is 0 Å². The van der Waals surface area contributed by atoms with Crippen LogP contribution in [-0.4, -0.2) is 36.4 Å². The summed E-state index contributed by atoms with van der Waals surface area (Å²) in [5.41, 5.74) is 1.20. The van der Waals surface area contributed by atoms with E-state index in [4.69, 9.17) is 9.47 Å². The molecule has 1 unspecified atom stereocenters. The van der Waals surface area contributed by atoms with Gasteiger partial charge in [-0.15, -0.1) is 0 Å². The zero-order valence-electron chi connectivity index (χ0n) is 12.9. The average molecular weight is 289 g/mol. The molecule has 0 fully saturated rings. The van der Waals surface area contributed by atoms with Gasteiger partial charge in [-0.3, -0.25) is 0 Å². The van der Waals surface area contributed by atoms with Crippen LogP contribution in [0.3, 0.4) is 0 Å². The Morgan fingerprint density at radius 2 is 2.24 bits per heavy atom. The highest BCUT2D eigenvalue weighted by molar-refractivity contribution is 5.28. The lowest BCUT2D eigenvalue weighted by atomic mass is 10.2. The van der Waals surface area contributed by atoms with Crippen LogP contribution < -0.4 is 10.1 Å². The minimum Gasteiger partial charge on any atom is -0.492 e. The normalized spacial score (nSPS) is 12.1. The Kier molecular flexibility index (Phi) is 5.63. The Bertz CT molecular complexity index is 554. The van der Waals surface area contributed by atoms with Crippen molar-refractivity contribution in [2.75, 3.05) is 32.2 Å². The fourth-order valence-electron chi connectivity index (χ4n) is 2.16. The van der Waals surface area contributed by atoms with Crippen LogP contribution in [0.4, 0.5) is 5.95 Å². The first-order valence-electron chi connectivity index (χ1n) is 7.16. The number of nitrogens with one attached hydrogen (secondary N) is 1. The lowest BCUT2D eigenvalue weighted by Gasteiger charge is -2.16. The molecule has 2 rings (SSSR count). The fraction of sp³-hybridized carbons (Fsp3) is 0.438. The number of imidazole rings is 1. The highest BCUT2D eigenvalue weighted by atomic mass is 16.5. The number of hydrogen-bond acceptors (Lipinski definition) is 4. The van der Waals surface area contributed by atoms with Crippen LogP contribution in [0.15, 0.2) is 36.7 Å². The van der Waals surface area contributed by atoms with Gasteiger partial charge in [-0.05, 0) is 31.5 Å². The van der Waals surface area contributed by atoms with Crippen LogP contribution >= 0.6 is 0 Å². The van der Waals surface area contributed by atoms with Gasteiger partial charge < -0.3 is 19.4 Å². The van der Waals surface area contributed by atoms with Crippen LogP contribution in [0.1, 0.15) is 18.5 Å². The summed E-state index contributed by atoms with van der Waals surface area (Å²) in [6, 6.07) is 8.30. The molecule has 0 aliphatic carbocycles. The number of rotatable bonds is 8. The highest BCUT2D eigenvalue weighted by Crippen LogP contribution is 2.14. The molecule has 0 bridgehead atoms. The van der Waals surface area contributed by atoms with E-state index in [0.717, 1.165) is 11.7 Å². The molecule has 0 saturated heterocycles. The van der Waals surface area contributed by atoms with E-state index >= 15 is 0 Å². The Morgan fingerprint density at radius 1 is 1.38 bits per heavy atom. The zero-order valence-corrected chi connectivity index (χ0v) is 12.9. The largest absolute Gasteiger partial charge is 0.492 e. The van der Waals surface area contributed by atoms with Gasteiger partial charge in [0.25, 0.3) is 0 Å². The Morgan fingerprint density at radius 3 is 3.00 bits per heavy atom. The average Bonchev–Trinajstić information content (AvgIpc) is 2.92. The molecule has 114 valence electrons. The Labute approximate surface area is 125 Å². The summed E-state index contributed by atoms with van der Waals surface area (Å²) in [5, 5.41) is 3.29. The molecule has 5 heteroatoms. The lowest BCUT2D eigenvalue weighted by Crippen LogP contribution is -2.18. The van der Waals surface area contributed by atoms with Gasteiger partial charge in [-0.2, -0.15) is 0 Å². The molecule has 1 aromatic carbocycles. The van der Waals surface area contributed by atoms with Crippen LogP contribution in [0.5, 0.6) is 5.75 Å². The first-order valence-corrected chi connectivity index (χ1v) is 7.16. The summed E-state index contributed by atoms with van der Waals surface area (Å²) in [4.78, 5) is 4.32. The van der Waals surface area contributed by atoms with Crippen molar-refractivity contribution < 1.29 is 9.47 Å². The van der Waals surface area contributed by atoms with E-state index in [1.807, 2.05) is 24.4 Å². The summed E-state index contributed by atoms with van der Waals surface area (Å²) in [5.74, 6) is 1.74. The molecule has 1 aromatic heterocycles. The second-order valence-electron chi connectivity index (χ2n) is 5.05. The highest BCUT2D eigenvalue weighted by Gasteiger charge is 2.09. The second kappa shape index (κ2) is 7.69. The smallest absolute Gasteiger partial charge is 0.203 e. The molecule has 0 saturated carbocycles. The van der Waals surface area contributed by atoms with Crippen molar-refractivity contribution in [1.82, 2.24) is 9.55 Å². The molecule has 0 aliphatic heterocycles. The van der Waals surface area contributed by atoms with E-state index in [0.29, 0.717) is 19.8 Å². The number of aromatic nitrogens is 2. The third kappa shape index (κ3) is 4.49. The summed E-state index contributed by atoms with van der Waals surface area (Å²) < 4.78 is 13.0. The van der Waals surface area contributed by atoms with Gasteiger partial charge in [0.1, 0.15) is 12.4 Å². The predicted octanol–water partition coefficient (Wildman–Crippen LogP) is 2.89. The van der Waals surface area contributed by atoms with Gasteiger partial charge in [0.05, 0.1) is 19.2 Å². The summed E-state index contributed by atoms with van der Waals surface area (Å²) >= 11 is 0. The molecular formula is C16H23N3O2. The van der Waals surface area contributed by atoms with Gasteiger partial charge in [0.2, 0.25) is 5.95 Å². The van der Waals surface area contributed by atoms with Crippen LogP contribution in [0.2, 0.25) is 0 Å². The molecule has 21 heavy (non-hydrogen) atoms. The van der Waals surface area contributed by atoms with Gasteiger partial charge in [-0.1, -0.05) is 12.1 Å². The molecule has 0 radical (unpaired) electrons. The first-order chi connectivity index (χ1) is 10.2. The molecule has 0 aliphatic rings. The molecule has 1 N–H and O–H groups in total. The van der Waals surface area contributed by atoms with Crippen molar-refractivity contribution in [3.63, 3.8) is 0 Å².